The van der Waals surface area contributed by atoms with Gasteiger partial charge in [-0.05, 0) is 12.1 Å². The van der Waals surface area contributed by atoms with Crippen LogP contribution in [0.3, 0.4) is 0 Å². The number of nitrogens with two attached hydrogens (primary N) is 1. The second-order valence-corrected chi connectivity index (χ2v) is 3.28. The summed E-state index contributed by atoms with van der Waals surface area (Å²) < 4.78 is 15.1. The molecule has 0 fully saturated rings. The van der Waals surface area contributed by atoms with Crippen LogP contribution < -0.4 is 5.73 Å². The fraction of sp³-hybridized carbons (Fsp3) is 0.182. The normalized spacial score (nSPS) is 10.5. The highest BCUT2D eigenvalue weighted by Gasteiger charge is 2.04. The molecule has 1 aromatic heterocycles. The van der Waals surface area contributed by atoms with Gasteiger partial charge in [-0.15, -0.1) is 0 Å². The molecule has 0 unspecified atom stereocenters. The second-order valence-electron chi connectivity index (χ2n) is 3.28. The maximum Gasteiger partial charge on any atom is 0.128 e. The topological polar surface area (TPSA) is 43.8 Å². The van der Waals surface area contributed by atoms with Crippen LogP contribution in [0, 0.1) is 5.82 Å². The predicted octanol–water partition coefficient (Wildman–Crippen LogP) is 1.53. The number of nitrogens with zero attached hydrogens (tertiary/aromatic N) is 2. The first kappa shape index (κ1) is 9.86. The summed E-state index contributed by atoms with van der Waals surface area (Å²) in [6, 6.07) is 8.51. The van der Waals surface area contributed by atoms with E-state index in [0.717, 1.165) is 5.69 Å². The first-order valence-corrected chi connectivity index (χ1v) is 4.75. The number of rotatable bonds is 3. The summed E-state index contributed by atoms with van der Waals surface area (Å²) >= 11 is 0. The van der Waals surface area contributed by atoms with E-state index >= 15 is 0 Å². The number of hydrogen-bond donors (Lipinski definition) is 1. The molecule has 2 rings (SSSR count). The Morgan fingerprint density at radius 1 is 1.27 bits per heavy atom. The van der Waals surface area contributed by atoms with Gasteiger partial charge in [-0.25, -0.2) is 4.39 Å². The molecule has 2 N–H and O–H groups in total. The van der Waals surface area contributed by atoms with E-state index < -0.39 is 0 Å². The molecule has 78 valence electrons. The Kier molecular flexibility index (Phi) is 2.78. The third-order valence-electron chi connectivity index (χ3n) is 2.29. The molecule has 2 aromatic rings. The summed E-state index contributed by atoms with van der Waals surface area (Å²) in [5, 5.41) is 4.09. The van der Waals surface area contributed by atoms with Crippen molar-refractivity contribution in [3.63, 3.8) is 0 Å². The van der Waals surface area contributed by atoms with E-state index in [4.69, 9.17) is 5.73 Å². The molecule has 0 aliphatic carbocycles. The Labute approximate surface area is 87.3 Å². The number of aromatic nitrogens is 2. The second kappa shape index (κ2) is 4.23. The lowest BCUT2D eigenvalue weighted by atomic mass is 10.2. The maximum absolute atomic E-state index is 13.3. The molecule has 0 spiro atoms. The van der Waals surface area contributed by atoms with E-state index in [0.29, 0.717) is 18.7 Å². The molecule has 0 saturated carbocycles. The lowest BCUT2D eigenvalue weighted by Gasteiger charge is -2.06. The van der Waals surface area contributed by atoms with Crippen molar-refractivity contribution in [3.05, 3.63) is 53.6 Å². The summed E-state index contributed by atoms with van der Waals surface area (Å²) in [7, 11) is 0. The molecular formula is C11H12FN3. The minimum absolute atomic E-state index is 0.212. The van der Waals surface area contributed by atoms with Crippen LogP contribution in [-0.4, -0.2) is 9.78 Å². The van der Waals surface area contributed by atoms with E-state index in [9.17, 15) is 4.39 Å². The van der Waals surface area contributed by atoms with Gasteiger partial charge in [0, 0.05) is 18.3 Å². The molecule has 0 bridgehead atoms. The van der Waals surface area contributed by atoms with Crippen LogP contribution in [0.15, 0.2) is 36.5 Å². The van der Waals surface area contributed by atoms with E-state index in [2.05, 4.69) is 5.10 Å². The van der Waals surface area contributed by atoms with Crippen LogP contribution in [0.2, 0.25) is 0 Å². The van der Waals surface area contributed by atoms with Crippen LogP contribution in [0.5, 0.6) is 0 Å². The van der Waals surface area contributed by atoms with Crippen molar-refractivity contribution in [2.45, 2.75) is 13.1 Å². The third kappa shape index (κ3) is 2.05. The summed E-state index contributed by atoms with van der Waals surface area (Å²) in [5.74, 6) is -0.212. The molecule has 15 heavy (non-hydrogen) atoms. The monoisotopic (exact) mass is 205 g/mol. The maximum atomic E-state index is 13.3. The van der Waals surface area contributed by atoms with Gasteiger partial charge in [-0.2, -0.15) is 5.10 Å². The Morgan fingerprint density at radius 3 is 2.80 bits per heavy atom. The fourth-order valence-corrected chi connectivity index (χ4v) is 1.46. The zero-order chi connectivity index (χ0) is 10.7. The summed E-state index contributed by atoms with van der Waals surface area (Å²) in [6.07, 6.45) is 1.67. The van der Waals surface area contributed by atoms with Gasteiger partial charge in [0.25, 0.3) is 0 Å². The Morgan fingerprint density at radius 2 is 2.07 bits per heavy atom. The Hall–Kier alpha value is -1.68. The lowest BCUT2D eigenvalue weighted by molar-refractivity contribution is 0.575. The molecule has 0 radical (unpaired) electrons. The molecule has 0 atom stereocenters. The summed E-state index contributed by atoms with van der Waals surface area (Å²) in [4.78, 5) is 0. The minimum Gasteiger partial charge on any atom is -0.325 e. The van der Waals surface area contributed by atoms with Crippen LogP contribution in [0.25, 0.3) is 0 Å². The predicted molar refractivity (Wildman–Crippen MR) is 55.6 cm³/mol. The van der Waals surface area contributed by atoms with E-state index in [1.165, 1.54) is 6.07 Å². The highest BCUT2D eigenvalue weighted by Crippen LogP contribution is 2.09. The van der Waals surface area contributed by atoms with Crippen molar-refractivity contribution in [1.82, 2.24) is 9.78 Å². The standard InChI is InChI=1S/C11H12FN3/c12-11-4-2-1-3-9(11)8-15-10(7-13)5-6-14-15/h1-6H,7-8,13H2. The van der Waals surface area contributed by atoms with E-state index in [-0.39, 0.29) is 5.82 Å². The highest BCUT2D eigenvalue weighted by molar-refractivity contribution is 5.18. The largest absolute Gasteiger partial charge is 0.325 e. The molecule has 3 nitrogen and oxygen atoms in total. The van der Waals surface area contributed by atoms with Crippen molar-refractivity contribution in [1.29, 1.82) is 0 Å². The van der Waals surface area contributed by atoms with Gasteiger partial charge < -0.3 is 5.73 Å². The highest BCUT2D eigenvalue weighted by atomic mass is 19.1. The molecule has 1 heterocycles. The van der Waals surface area contributed by atoms with Crippen molar-refractivity contribution in [2.75, 3.05) is 0 Å². The van der Waals surface area contributed by atoms with Crippen LogP contribution >= 0.6 is 0 Å². The van der Waals surface area contributed by atoms with Crippen molar-refractivity contribution < 1.29 is 4.39 Å². The quantitative estimate of drug-likeness (QED) is 0.825. The van der Waals surface area contributed by atoms with Crippen LogP contribution in [0.4, 0.5) is 4.39 Å². The average Bonchev–Trinajstić information content (AvgIpc) is 2.69. The Bertz CT molecular complexity index is 451. The average molecular weight is 205 g/mol. The first-order valence-electron chi connectivity index (χ1n) is 4.75. The summed E-state index contributed by atoms with van der Waals surface area (Å²) in [5.41, 5.74) is 7.05. The number of benzene rings is 1. The third-order valence-corrected chi connectivity index (χ3v) is 2.29. The van der Waals surface area contributed by atoms with Gasteiger partial charge in [-0.1, -0.05) is 18.2 Å². The smallest absolute Gasteiger partial charge is 0.128 e. The Balaban J connectivity index is 2.26. The van der Waals surface area contributed by atoms with E-state index in [1.54, 1.807) is 23.0 Å². The molecule has 0 saturated heterocycles. The van der Waals surface area contributed by atoms with Gasteiger partial charge in [0.1, 0.15) is 5.82 Å². The minimum atomic E-state index is -0.212. The van der Waals surface area contributed by atoms with Gasteiger partial charge in [0.05, 0.1) is 12.2 Å². The summed E-state index contributed by atoms with van der Waals surface area (Å²) in [6.45, 7) is 0.834. The van der Waals surface area contributed by atoms with Crippen molar-refractivity contribution in [3.8, 4) is 0 Å². The molecular weight excluding hydrogens is 193 g/mol. The molecule has 0 amide bonds. The van der Waals surface area contributed by atoms with Gasteiger partial charge in [-0.3, -0.25) is 4.68 Å². The van der Waals surface area contributed by atoms with Crippen molar-refractivity contribution in [2.24, 2.45) is 5.73 Å². The molecule has 0 aliphatic heterocycles. The van der Waals surface area contributed by atoms with E-state index in [1.807, 2.05) is 12.1 Å². The van der Waals surface area contributed by atoms with Gasteiger partial charge in [0.2, 0.25) is 0 Å². The first-order chi connectivity index (χ1) is 7.31. The van der Waals surface area contributed by atoms with Gasteiger partial charge >= 0.3 is 0 Å². The number of halogens is 1. The zero-order valence-corrected chi connectivity index (χ0v) is 8.23. The molecule has 0 aliphatic rings. The molecule has 4 heteroatoms. The fourth-order valence-electron chi connectivity index (χ4n) is 1.46. The SMILES string of the molecule is NCc1ccnn1Cc1ccccc1F. The van der Waals surface area contributed by atoms with Crippen LogP contribution in [0.1, 0.15) is 11.3 Å². The van der Waals surface area contributed by atoms with Gasteiger partial charge in [0.15, 0.2) is 0 Å². The van der Waals surface area contributed by atoms with Crippen molar-refractivity contribution >= 4 is 0 Å². The lowest BCUT2D eigenvalue weighted by Crippen LogP contribution is -2.10. The molecule has 1 aromatic carbocycles. The number of hydrogen-bond acceptors (Lipinski definition) is 2. The zero-order valence-electron chi connectivity index (χ0n) is 8.23. The van der Waals surface area contributed by atoms with Crippen LogP contribution in [-0.2, 0) is 13.1 Å².